The number of aryl methyl sites for hydroxylation is 1. The summed E-state index contributed by atoms with van der Waals surface area (Å²) in [6, 6.07) is 9.49. The van der Waals surface area contributed by atoms with Gasteiger partial charge in [-0.2, -0.15) is 0 Å². The van der Waals surface area contributed by atoms with Crippen LogP contribution in [0.3, 0.4) is 0 Å². The third-order valence-electron chi connectivity index (χ3n) is 2.65. The largest absolute Gasteiger partial charge is 0.399 e. The lowest BCUT2D eigenvalue weighted by atomic mass is 10.2. The number of rotatable bonds is 3. The molecule has 0 aliphatic rings. The van der Waals surface area contributed by atoms with Crippen molar-refractivity contribution in [3.63, 3.8) is 0 Å². The second-order valence-corrected chi connectivity index (χ2v) is 6.16. The molecule has 2 rings (SSSR count). The molecule has 0 saturated heterocycles. The Balaban J connectivity index is 2.25. The number of hydrogen-bond acceptors (Lipinski definition) is 2. The highest BCUT2D eigenvalue weighted by Gasteiger charge is 2.10. The maximum Gasteiger partial charge on any atom is 0.126 e. The van der Waals surface area contributed by atoms with Crippen molar-refractivity contribution < 1.29 is 8.60 Å². The van der Waals surface area contributed by atoms with Gasteiger partial charge in [-0.1, -0.05) is 23.7 Å². The Hall–Kier alpha value is -1.39. The van der Waals surface area contributed by atoms with Crippen LogP contribution in [0, 0.1) is 12.7 Å². The van der Waals surface area contributed by atoms with Crippen molar-refractivity contribution in [1.82, 2.24) is 0 Å². The summed E-state index contributed by atoms with van der Waals surface area (Å²) >= 11 is 6.09. The van der Waals surface area contributed by atoms with E-state index in [-0.39, 0.29) is 11.4 Å². The molecular formula is C14H13ClFNOS. The number of benzene rings is 2. The summed E-state index contributed by atoms with van der Waals surface area (Å²) < 4.78 is 25.4. The smallest absolute Gasteiger partial charge is 0.126 e. The lowest BCUT2D eigenvalue weighted by molar-refractivity contribution is 0.623. The maximum atomic E-state index is 13.2. The molecule has 0 aliphatic carbocycles. The summed E-state index contributed by atoms with van der Waals surface area (Å²) in [5, 5.41) is 0.567. The van der Waals surface area contributed by atoms with Gasteiger partial charge in [-0.25, -0.2) is 4.39 Å². The van der Waals surface area contributed by atoms with Crippen molar-refractivity contribution in [1.29, 1.82) is 0 Å². The number of anilines is 1. The van der Waals surface area contributed by atoms with Crippen LogP contribution in [0.5, 0.6) is 0 Å². The summed E-state index contributed by atoms with van der Waals surface area (Å²) in [6.07, 6.45) is 0. The second-order valence-electron chi connectivity index (χ2n) is 4.30. The summed E-state index contributed by atoms with van der Waals surface area (Å²) in [7, 11) is -1.38. The van der Waals surface area contributed by atoms with Crippen LogP contribution in [0.25, 0.3) is 0 Å². The van der Waals surface area contributed by atoms with Gasteiger partial charge < -0.3 is 5.73 Å². The zero-order chi connectivity index (χ0) is 14.0. The molecule has 2 aromatic carbocycles. The highest BCUT2D eigenvalue weighted by atomic mass is 35.5. The van der Waals surface area contributed by atoms with Gasteiger partial charge >= 0.3 is 0 Å². The van der Waals surface area contributed by atoms with Crippen molar-refractivity contribution in [2.24, 2.45) is 0 Å². The van der Waals surface area contributed by atoms with Crippen LogP contribution in [0.2, 0.25) is 5.02 Å². The van der Waals surface area contributed by atoms with E-state index in [1.54, 1.807) is 0 Å². The molecule has 0 saturated carbocycles. The van der Waals surface area contributed by atoms with Gasteiger partial charge in [0.15, 0.2) is 0 Å². The third kappa shape index (κ3) is 3.55. The predicted octanol–water partition coefficient (Wildman–Crippen LogP) is 3.68. The van der Waals surface area contributed by atoms with Gasteiger partial charge in [0.1, 0.15) is 5.82 Å². The summed E-state index contributed by atoms with van der Waals surface area (Å²) in [4.78, 5) is 0.370. The fraction of sp³-hybridized carbons (Fsp3) is 0.143. The van der Waals surface area contributed by atoms with E-state index in [4.69, 9.17) is 17.3 Å². The van der Waals surface area contributed by atoms with E-state index in [1.807, 2.05) is 25.1 Å². The SMILES string of the molecule is Cc1ccc(CS(=O)c2cc(N)cc(F)c2)c(Cl)c1. The number of nitrogen functional groups attached to an aromatic ring is 1. The van der Waals surface area contributed by atoms with Crippen LogP contribution < -0.4 is 5.73 Å². The first kappa shape index (κ1) is 14.0. The Morgan fingerprint density at radius 1 is 1.26 bits per heavy atom. The number of hydrogen-bond donors (Lipinski definition) is 1. The fourth-order valence-corrected chi connectivity index (χ4v) is 3.30. The van der Waals surface area contributed by atoms with E-state index in [0.29, 0.717) is 9.92 Å². The molecule has 0 radical (unpaired) electrons. The van der Waals surface area contributed by atoms with Crippen LogP contribution >= 0.6 is 11.6 Å². The average Bonchev–Trinajstić information content (AvgIpc) is 2.31. The Bertz CT molecular complexity index is 625. The first-order valence-electron chi connectivity index (χ1n) is 5.65. The van der Waals surface area contributed by atoms with E-state index in [9.17, 15) is 8.60 Å². The van der Waals surface area contributed by atoms with Crippen molar-refractivity contribution in [2.75, 3.05) is 5.73 Å². The lowest BCUT2D eigenvalue weighted by Gasteiger charge is -2.07. The molecule has 0 heterocycles. The molecule has 0 amide bonds. The van der Waals surface area contributed by atoms with Gasteiger partial charge in [-0.05, 0) is 42.3 Å². The minimum atomic E-state index is -1.38. The van der Waals surface area contributed by atoms with E-state index < -0.39 is 16.6 Å². The molecule has 1 unspecified atom stereocenters. The summed E-state index contributed by atoms with van der Waals surface area (Å²) in [5.41, 5.74) is 7.61. The normalized spacial score (nSPS) is 12.4. The van der Waals surface area contributed by atoms with Crippen molar-refractivity contribution in [3.8, 4) is 0 Å². The molecule has 0 bridgehead atoms. The summed E-state index contributed by atoms with van der Waals surface area (Å²) in [5.74, 6) is -0.250. The van der Waals surface area contributed by atoms with E-state index in [0.717, 1.165) is 11.1 Å². The van der Waals surface area contributed by atoms with Gasteiger partial charge in [0.05, 0.1) is 16.6 Å². The van der Waals surface area contributed by atoms with E-state index in [2.05, 4.69) is 0 Å². The lowest BCUT2D eigenvalue weighted by Crippen LogP contribution is -1.99. The molecule has 1 atom stereocenters. The number of nitrogens with two attached hydrogens (primary N) is 1. The molecule has 0 aliphatic heterocycles. The molecule has 100 valence electrons. The maximum absolute atomic E-state index is 13.2. The number of halogens is 2. The second kappa shape index (κ2) is 5.72. The monoisotopic (exact) mass is 297 g/mol. The van der Waals surface area contributed by atoms with E-state index in [1.165, 1.54) is 18.2 Å². The quantitative estimate of drug-likeness (QED) is 0.878. The van der Waals surface area contributed by atoms with Gasteiger partial charge in [-0.15, -0.1) is 0 Å². The zero-order valence-corrected chi connectivity index (χ0v) is 11.9. The average molecular weight is 298 g/mol. The Morgan fingerprint density at radius 3 is 2.63 bits per heavy atom. The molecule has 5 heteroatoms. The minimum Gasteiger partial charge on any atom is -0.399 e. The molecule has 19 heavy (non-hydrogen) atoms. The van der Waals surface area contributed by atoms with Crippen LogP contribution in [-0.2, 0) is 16.6 Å². The Morgan fingerprint density at radius 2 is 2.00 bits per heavy atom. The van der Waals surface area contributed by atoms with Crippen molar-refractivity contribution >= 4 is 28.1 Å². The van der Waals surface area contributed by atoms with Crippen LogP contribution in [-0.4, -0.2) is 4.21 Å². The topological polar surface area (TPSA) is 43.1 Å². The van der Waals surface area contributed by atoms with Crippen LogP contribution in [0.15, 0.2) is 41.3 Å². The van der Waals surface area contributed by atoms with Crippen LogP contribution in [0.1, 0.15) is 11.1 Å². The van der Waals surface area contributed by atoms with Gasteiger partial charge in [0.25, 0.3) is 0 Å². The van der Waals surface area contributed by atoms with Crippen molar-refractivity contribution in [3.05, 3.63) is 58.4 Å². The highest BCUT2D eigenvalue weighted by Crippen LogP contribution is 2.22. The molecular weight excluding hydrogens is 285 g/mol. The predicted molar refractivity (Wildman–Crippen MR) is 77.1 cm³/mol. The van der Waals surface area contributed by atoms with Gasteiger partial charge in [-0.3, -0.25) is 4.21 Å². The molecule has 2 nitrogen and oxygen atoms in total. The third-order valence-corrected chi connectivity index (χ3v) is 4.34. The van der Waals surface area contributed by atoms with Crippen molar-refractivity contribution in [2.45, 2.75) is 17.6 Å². The Labute approximate surface area is 118 Å². The van der Waals surface area contributed by atoms with Gasteiger partial charge in [0.2, 0.25) is 0 Å². The van der Waals surface area contributed by atoms with Crippen LogP contribution in [0.4, 0.5) is 10.1 Å². The molecule has 0 spiro atoms. The van der Waals surface area contributed by atoms with Gasteiger partial charge in [0, 0.05) is 15.6 Å². The van der Waals surface area contributed by atoms with E-state index >= 15 is 0 Å². The minimum absolute atomic E-state index is 0.238. The molecule has 0 fully saturated rings. The highest BCUT2D eigenvalue weighted by molar-refractivity contribution is 7.84. The molecule has 2 N–H and O–H groups in total. The summed E-state index contributed by atoms with van der Waals surface area (Å²) in [6.45, 7) is 1.93. The fourth-order valence-electron chi connectivity index (χ4n) is 1.71. The first-order valence-corrected chi connectivity index (χ1v) is 7.35. The standard InChI is InChI=1S/C14H13ClFNOS/c1-9-2-3-10(14(15)4-9)8-19(18)13-6-11(16)5-12(17)7-13/h2-7H,8,17H2,1H3. The molecule has 0 aromatic heterocycles. The first-order chi connectivity index (χ1) is 8.95. The molecule has 2 aromatic rings. The Kier molecular flexibility index (Phi) is 4.22. The zero-order valence-electron chi connectivity index (χ0n) is 10.3.